The number of hydrogen-bond acceptors (Lipinski definition) is 6. The second-order valence-electron chi connectivity index (χ2n) is 7.39. The van der Waals surface area contributed by atoms with Crippen LogP contribution in [0.5, 0.6) is 0 Å². The number of anilines is 2. The summed E-state index contributed by atoms with van der Waals surface area (Å²) in [4.78, 5) is 12.8. The van der Waals surface area contributed by atoms with Gasteiger partial charge < -0.3 is 10.4 Å². The van der Waals surface area contributed by atoms with Crippen molar-refractivity contribution in [2.45, 2.75) is 26.1 Å². The average molecular weight is 474 g/mol. The van der Waals surface area contributed by atoms with Crippen molar-refractivity contribution < 1.29 is 22.7 Å². The molecule has 0 saturated carbocycles. The largest absolute Gasteiger partial charge is 0.420 e. The number of rotatable bonds is 5. The molecule has 33 heavy (non-hydrogen) atoms. The van der Waals surface area contributed by atoms with Gasteiger partial charge in [0.1, 0.15) is 28.3 Å². The van der Waals surface area contributed by atoms with Crippen molar-refractivity contribution >= 4 is 22.8 Å². The molecule has 0 fully saturated rings. The Morgan fingerprint density at radius 2 is 1.79 bits per heavy atom. The third-order valence-electron chi connectivity index (χ3n) is 4.74. The van der Waals surface area contributed by atoms with E-state index in [0.29, 0.717) is 10.7 Å². The fourth-order valence-corrected chi connectivity index (χ4v) is 4.20. The van der Waals surface area contributed by atoms with Gasteiger partial charge in [0, 0.05) is 35.9 Å². The van der Waals surface area contributed by atoms with Crippen molar-refractivity contribution in [2.75, 3.05) is 5.32 Å². The zero-order chi connectivity index (χ0) is 23.8. The number of halogens is 4. The van der Waals surface area contributed by atoms with E-state index in [1.807, 2.05) is 13.0 Å². The van der Waals surface area contributed by atoms with Crippen molar-refractivity contribution in [3.8, 4) is 21.7 Å². The minimum Gasteiger partial charge on any atom is -0.386 e. The van der Waals surface area contributed by atoms with Gasteiger partial charge in [-0.15, -0.1) is 11.3 Å². The van der Waals surface area contributed by atoms with Crippen molar-refractivity contribution in [1.82, 2.24) is 15.0 Å². The predicted molar refractivity (Wildman–Crippen MR) is 119 cm³/mol. The molecular weight excluding hydrogens is 456 g/mol. The van der Waals surface area contributed by atoms with Crippen LogP contribution >= 0.6 is 11.3 Å². The Morgan fingerprint density at radius 1 is 1.03 bits per heavy atom. The molecule has 0 bridgehead atoms. The van der Waals surface area contributed by atoms with Crippen LogP contribution in [0.15, 0.2) is 55.0 Å². The first-order chi connectivity index (χ1) is 15.6. The van der Waals surface area contributed by atoms with Gasteiger partial charge in [0.05, 0.1) is 10.6 Å². The van der Waals surface area contributed by atoms with E-state index in [4.69, 9.17) is 0 Å². The summed E-state index contributed by atoms with van der Waals surface area (Å²) in [7, 11) is 0. The quantitative estimate of drug-likeness (QED) is 0.322. The van der Waals surface area contributed by atoms with E-state index in [2.05, 4.69) is 20.3 Å². The molecule has 4 rings (SSSR count). The summed E-state index contributed by atoms with van der Waals surface area (Å²) in [5, 5.41) is 13.0. The fraction of sp³-hybridized carbons (Fsp3) is 0.174. The lowest BCUT2D eigenvalue weighted by Gasteiger charge is -2.18. The molecule has 170 valence electrons. The van der Waals surface area contributed by atoms with E-state index >= 15 is 0 Å². The zero-order valence-electron chi connectivity index (χ0n) is 17.5. The van der Waals surface area contributed by atoms with Crippen molar-refractivity contribution in [1.29, 1.82) is 0 Å². The van der Waals surface area contributed by atoms with Gasteiger partial charge in [-0.05, 0) is 49.2 Å². The predicted octanol–water partition coefficient (Wildman–Crippen LogP) is 6.53. The molecular formula is C23H18F4N4OS. The van der Waals surface area contributed by atoms with Gasteiger partial charge in [-0.2, -0.15) is 13.2 Å². The number of pyridine rings is 2. The second kappa shape index (κ2) is 8.87. The van der Waals surface area contributed by atoms with Crippen LogP contribution in [0, 0.1) is 12.7 Å². The molecule has 3 heterocycles. The van der Waals surface area contributed by atoms with Crippen LogP contribution in [0.25, 0.3) is 21.7 Å². The Kier molecular flexibility index (Phi) is 6.13. The normalized spacial score (nSPS) is 12.6. The number of hydrogen-bond donors (Lipinski definition) is 2. The molecule has 1 unspecified atom stereocenters. The maximum Gasteiger partial charge on any atom is 0.420 e. The van der Waals surface area contributed by atoms with E-state index in [0.717, 1.165) is 40.4 Å². The highest BCUT2D eigenvalue weighted by molar-refractivity contribution is 7.15. The molecule has 1 atom stereocenters. The maximum atomic E-state index is 14.1. The van der Waals surface area contributed by atoms with E-state index in [9.17, 15) is 22.7 Å². The molecule has 0 saturated heterocycles. The smallest absolute Gasteiger partial charge is 0.386 e. The molecule has 0 aliphatic rings. The van der Waals surface area contributed by atoms with E-state index in [1.54, 1.807) is 25.3 Å². The minimum atomic E-state index is -4.77. The van der Waals surface area contributed by atoms with Crippen molar-refractivity contribution in [3.63, 3.8) is 0 Å². The Bertz CT molecular complexity index is 1300. The average Bonchev–Trinajstić information content (AvgIpc) is 3.23. The standard InChI is InChI=1S/C23H18F4N4OS/c1-12-7-14(19-11-30-22(33-19)13(2)32)9-16(8-12)31-21-20(23(25,26)27)17(4-6-29-21)18-10-15(24)3-5-28-18/h3-11,13,32H,1-2H3,(H,29,31). The molecule has 3 aromatic heterocycles. The number of aromatic nitrogens is 3. The van der Waals surface area contributed by atoms with E-state index < -0.39 is 29.5 Å². The van der Waals surface area contributed by atoms with Gasteiger partial charge in [-0.3, -0.25) is 4.98 Å². The first-order valence-corrected chi connectivity index (χ1v) is 10.6. The molecule has 0 amide bonds. The third kappa shape index (κ3) is 5.01. The van der Waals surface area contributed by atoms with E-state index in [-0.39, 0.29) is 11.3 Å². The molecule has 10 heteroatoms. The number of aliphatic hydroxyl groups excluding tert-OH is 1. The lowest BCUT2D eigenvalue weighted by Crippen LogP contribution is -2.13. The lowest BCUT2D eigenvalue weighted by molar-refractivity contribution is -0.136. The molecule has 0 aliphatic carbocycles. The SMILES string of the molecule is Cc1cc(Nc2nccc(-c3cc(F)ccn3)c2C(F)(F)F)cc(-c2cnc(C(C)O)s2)c1. The Hall–Kier alpha value is -3.37. The second-order valence-corrected chi connectivity index (χ2v) is 8.45. The summed E-state index contributed by atoms with van der Waals surface area (Å²) in [6, 6.07) is 8.41. The number of alkyl halides is 3. The van der Waals surface area contributed by atoms with Crippen LogP contribution in [0.2, 0.25) is 0 Å². The zero-order valence-corrected chi connectivity index (χ0v) is 18.3. The number of thiazole rings is 1. The highest BCUT2D eigenvalue weighted by Crippen LogP contribution is 2.41. The van der Waals surface area contributed by atoms with Crippen molar-refractivity contribution in [2.24, 2.45) is 0 Å². The Labute approximate surface area is 190 Å². The highest BCUT2D eigenvalue weighted by Gasteiger charge is 2.38. The van der Waals surface area contributed by atoms with Crippen LogP contribution in [0.4, 0.5) is 29.1 Å². The van der Waals surface area contributed by atoms with Crippen molar-refractivity contribution in [3.05, 3.63) is 76.9 Å². The van der Waals surface area contributed by atoms with Gasteiger partial charge in [0.2, 0.25) is 0 Å². The number of aryl methyl sites for hydroxylation is 1. The lowest BCUT2D eigenvalue weighted by atomic mass is 10.0. The van der Waals surface area contributed by atoms with Crippen LogP contribution < -0.4 is 5.32 Å². The summed E-state index contributed by atoms with van der Waals surface area (Å²) in [5.74, 6) is -1.11. The van der Waals surface area contributed by atoms with Gasteiger partial charge in [-0.1, -0.05) is 6.07 Å². The number of nitrogens with zero attached hydrogens (tertiary/aromatic N) is 3. The summed E-state index contributed by atoms with van der Waals surface area (Å²) in [6.45, 7) is 3.42. The number of nitrogens with one attached hydrogen (secondary N) is 1. The molecule has 0 spiro atoms. The first kappa shape index (κ1) is 22.8. The topological polar surface area (TPSA) is 70.9 Å². The van der Waals surface area contributed by atoms with Crippen LogP contribution in [-0.2, 0) is 6.18 Å². The monoisotopic (exact) mass is 474 g/mol. The fourth-order valence-electron chi connectivity index (χ4n) is 3.36. The van der Waals surface area contributed by atoms with Gasteiger partial charge in [0.25, 0.3) is 0 Å². The molecule has 5 nitrogen and oxygen atoms in total. The summed E-state index contributed by atoms with van der Waals surface area (Å²) >= 11 is 1.30. The number of aliphatic hydroxyl groups is 1. The Morgan fingerprint density at radius 3 is 2.45 bits per heavy atom. The highest BCUT2D eigenvalue weighted by atomic mass is 32.1. The molecule has 0 radical (unpaired) electrons. The number of benzene rings is 1. The molecule has 1 aromatic carbocycles. The van der Waals surface area contributed by atoms with Gasteiger partial charge in [0.15, 0.2) is 0 Å². The summed E-state index contributed by atoms with van der Waals surface area (Å²) < 4.78 is 55.9. The van der Waals surface area contributed by atoms with Crippen LogP contribution in [0.3, 0.4) is 0 Å². The van der Waals surface area contributed by atoms with Crippen LogP contribution in [-0.4, -0.2) is 20.1 Å². The van der Waals surface area contributed by atoms with E-state index in [1.165, 1.54) is 17.5 Å². The summed E-state index contributed by atoms with van der Waals surface area (Å²) in [5.41, 5.74) is 0.459. The molecule has 2 N–H and O–H groups in total. The minimum absolute atomic E-state index is 0.145. The Balaban J connectivity index is 1.78. The van der Waals surface area contributed by atoms with Gasteiger partial charge in [-0.25, -0.2) is 14.4 Å². The van der Waals surface area contributed by atoms with Gasteiger partial charge >= 0.3 is 6.18 Å². The molecule has 0 aliphatic heterocycles. The third-order valence-corrected chi connectivity index (χ3v) is 5.95. The molecule has 4 aromatic rings. The summed E-state index contributed by atoms with van der Waals surface area (Å²) in [6.07, 6.45) is -1.54. The van der Waals surface area contributed by atoms with Crippen LogP contribution in [0.1, 0.15) is 29.2 Å². The maximum absolute atomic E-state index is 14.1. The first-order valence-electron chi connectivity index (χ1n) is 9.83.